The Morgan fingerprint density at radius 1 is 1.11 bits per heavy atom. The highest BCUT2D eigenvalue weighted by atomic mass is 35.5. The molecule has 27 heavy (non-hydrogen) atoms. The largest absolute Gasteiger partial charge is 0.417 e. The van der Waals surface area contributed by atoms with Gasteiger partial charge in [-0.3, -0.25) is 4.98 Å². The number of fused-ring (bicyclic) bond motifs is 1. The number of hydrogen-bond donors (Lipinski definition) is 2. The van der Waals surface area contributed by atoms with Crippen molar-refractivity contribution in [2.45, 2.75) is 25.6 Å². The van der Waals surface area contributed by atoms with E-state index in [9.17, 15) is 18.3 Å². The average molecular weight is 397 g/mol. The topological polar surface area (TPSA) is 70.9 Å². The highest BCUT2D eigenvalue weighted by molar-refractivity contribution is 6.30. The maximum Gasteiger partial charge on any atom is 0.417 e. The molecule has 0 bridgehead atoms. The van der Waals surface area contributed by atoms with E-state index in [0.717, 1.165) is 6.07 Å². The van der Waals surface area contributed by atoms with E-state index >= 15 is 0 Å². The summed E-state index contributed by atoms with van der Waals surface area (Å²) in [6.45, 7) is 3.41. The van der Waals surface area contributed by atoms with Gasteiger partial charge in [0.05, 0.1) is 11.2 Å². The molecule has 9 heteroatoms. The molecule has 0 aliphatic heterocycles. The standard InChI is InChI=1S/C18H16ClF3N4O/c1-17(2,27)9-24-16-13-8-23-6-5-11(13)15(25-26-16)12-4-3-10(19)7-14(12)18(20,21)22/h3-8,27H,9H2,1-2H3,(H,24,26). The van der Waals surface area contributed by atoms with Gasteiger partial charge in [0.2, 0.25) is 0 Å². The monoisotopic (exact) mass is 396 g/mol. The van der Waals surface area contributed by atoms with Gasteiger partial charge in [0.15, 0.2) is 5.82 Å². The van der Waals surface area contributed by atoms with Crippen molar-refractivity contribution >= 4 is 28.2 Å². The number of nitrogens with one attached hydrogen (secondary N) is 1. The number of rotatable bonds is 4. The summed E-state index contributed by atoms with van der Waals surface area (Å²) in [6.07, 6.45) is -1.64. The number of aromatic nitrogens is 3. The maximum absolute atomic E-state index is 13.5. The van der Waals surface area contributed by atoms with E-state index < -0.39 is 17.3 Å². The van der Waals surface area contributed by atoms with Crippen molar-refractivity contribution in [2.24, 2.45) is 0 Å². The van der Waals surface area contributed by atoms with Crippen LogP contribution in [0.25, 0.3) is 22.0 Å². The highest BCUT2D eigenvalue weighted by Crippen LogP contribution is 2.40. The second-order valence-corrected chi connectivity index (χ2v) is 7.11. The van der Waals surface area contributed by atoms with Crippen LogP contribution < -0.4 is 5.32 Å². The Morgan fingerprint density at radius 3 is 2.52 bits per heavy atom. The molecule has 0 saturated carbocycles. The lowest BCUT2D eigenvalue weighted by Crippen LogP contribution is -2.29. The van der Waals surface area contributed by atoms with Crippen LogP contribution in [-0.2, 0) is 6.18 Å². The van der Waals surface area contributed by atoms with Crippen LogP contribution in [0.5, 0.6) is 0 Å². The van der Waals surface area contributed by atoms with Crippen LogP contribution >= 0.6 is 11.6 Å². The summed E-state index contributed by atoms with van der Waals surface area (Å²) in [7, 11) is 0. The van der Waals surface area contributed by atoms with Gasteiger partial charge in [0.1, 0.15) is 5.69 Å². The number of pyridine rings is 1. The smallest absolute Gasteiger partial charge is 0.389 e. The molecule has 0 aliphatic carbocycles. The zero-order valence-electron chi connectivity index (χ0n) is 14.5. The molecule has 3 aromatic rings. The summed E-state index contributed by atoms with van der Waals surface area (Å²) in [5, 5.41) is 21.8. The molecule has 0 saturated heterocycles. The Bertz CT molecular complexity index is 986. The first-order valence-electron chi connectivity index (χ1n) is 8.00. The van der Waals surface area contributed by atoms with Crippen molar-refractivity contribution in [3.63, 3.8) is 0 Å². The lowest BCUT2D eigenvalue weighted by molar-refractivity contribution is -0.137. The molecular weight excluding hydrogens is 381 g/mol. The van der Waals surface area contributed by atoms with Crippen LogP contribution in [0, 0.1) is 0 Å². The molecule has 2 aromatic heterocycles. The van der Waals surface area contributed by atoms with E-state index in [1.807, 2.05) is 0 Å². The van der Waals surface area contributed by atoms with Gasteiger partial charge in [-0.05, 0) is 32.0 Å². The Kier molecular flexibility index (Phi) is 4.96. The third-order valence-corrected chi connectivity index (χ3v) is 4.05. The van der Waals surface area contributed by atoms with E-state index in [2.05, 4.69) is 20.5 Å². The Balaban J connectivity index is 2.18. The zero-order chi connectivity index (χ0) is 19.8. The minimum absolute atomic E-state index is 0.0199. The number of alkyl halides is 3. The summed E-state index contributed by atoms with van der Waals surface area (Å²) >= 11 is 5.76. The van der Waals surface area contributed by atoms with Crippen LogP contribution in [0.1, 0.15) is 19.4 Å². The molecule has 0 fully saturated rings. The average Bonchev–Trinajstić information content (AvgIpc) is 2.58. The lowest BCUT2D eigenvalue weighted by Gasteiger charge is -2.19. The first-order chi connectivity index (χ1) is 12.6. The molecule has 5 nitrogen and oxygen atoms in total. The number of aliphatic hydroxyl groups is 1. The van der Waals surface area contributed by atoms with Gasteiger partial charge >= 0.3 is 6.18 Å². The quantitative estimate of drug-likeness (QED) is 0.677. The van der Waals surface area contributed by atoms with Crippen LogP contribution in [0.15, 0.2) is 36.7 Å². The summed E-state index contributed by atoms with van der Waals surface area (Å²) in [5.74, 6) is 0.325. The minimum atomic E-state index is -4.60. The normalized spacial score (nSPS) is 12.4. The Hall–Kier alpha value is -2.45. The van der Waals surface area contributed by atoms with E-state index in [-0.39, 0.29) is 22.8 Å². The van der Waals surface area contributed by atoms with Crippen LogP contribution in [0.4, 0.5) is 19.0 Å². The first kappa shape index (κ1) is 19.3. The first-order valence-corrected chi connectivity index (χ1v) is 8.38. The molecule has 0 unspecified atom stereocenters. The summed E-state index contributed by atoms with van der Waals surface area (Å²) < 4.78 is 40.5. The van der Waals surface area contributed by atoms with Crippen LogP contribution in [0.2, 0.25) is 5.02 Å². The number of benzene rings is 1. The van der Waals surface area contributed by atoms with Gasteiger partial charge in [0.25, 0.3) is 0 Å². The number of hydrogen-bond acceptors (Lipinski definition) is 5. The van der Waals surface area contributed by atoms with Crippen molar-refractivity contribution in [1.29, 1.82) is 0 Å². The second-order valence-electron chi connectivity index (χ2n) is 6.67. The number of nitrogens with zero attached hydrogens (tertiary/aromatic N) is 3. The molecule has 0 spiro atoms. The fraction of sp³-hybridized carbons (Fsp3) is 0.278. The van der Waals surface area contributed by atoms with Crippen molar-refractivity contribution in [3.8, 4) is 11.3 Å². The third kappa shape index (κ3) is 4.28. The molecular formula is C18H16ClF3N4O. The molecule has 2 heterocycles. The maximum atomic E-state index is 13.5. The summed E-state index contributed by atoms with van der Waals surface area (Å²) in [4.78, 5) is 4.02. The van der Waals surface area contributed by atoms with E-state index in [1.54, 1.807) is 19.9 Å². The van der Waals surface area contributed by atoms with Gasteiger partial charge in [-0.1, -0.05) is 17.7 Å². The Labute approximate surface area is 158 Å². The predicted octanol–water partition coefficient (Wildman–Crippen LogP) is 4.55. The third-order valence-electron chi connectivity index (χ3n) is 3.81. The van der Waals surface area contributed by atoms with Crippen LogP contribution in [0.3, 0.4) is 0 Å². The van der Waals surface area contributed by atoms with Gasteiger partial charge < -0.3 is 10.4 Å². The summed E-state index contributed by atoms with van der Waals surface area (Å²) in [6, 6.07) is 5.09. The number of halogens is 4. The fourth-order valence-electron chi connectivity index (χ4n) is 2.58. The van der Waals surface area contributed by atoms with E-state index in [4.69, 9.17) is 11.6 Å². The van der Waals surface area contributed by atoms with E-state index in [1.165, 1.54) is 24.5 Å². The van der Waals surface area contributed by atoms with Gasteiger partial charge in [0, 0.05) is 40.3 Å². The van der Waals surface area contributed by atoms with Gasteiger partial charge in [-0.15, -0.1) is 10.2 Å². The minimum Gasteiger partial charge on any atom is -0.389 e. The predicted molar refractivity (Wildman–Crippen MR) is 97.6 cm³/mol. The molecule has 0 atom stereocenters. The zero-order valence-corrected chi connectivity index (χ0v) is 15.2. The van der Waals surface area contributed by atoms with Crippen molar-refractivity contribution in [1.82, 2.24) is 15.2 Å². The van der Waals surface area contributed by atoms with Crippen molar-refractivity contribution in [3.05, 3.63) is 47.2 Å². The molecule has 142 valence electrons. The van der Waals surface area contributed by atoms with Crippen LogP contribution in [-0.4, -0.2) is 32.4 Å². The molecule has 0 aliphatic rings. The lowest BCUT2D eigenvalue weighted by atomic mass is 10.00. The Morgan fingerprint density at radius 2 is 1.85 bits per heavy atom. The molecule has 0 radical (unpaired) electrons. The van der Waals surface area contributed by atoms with Crippen molar-refractivity contribution in [2.75, 3.05) is 11.9 Å². The van der Waals surface area contributed by atoms with Gasteiger partial charge in [-0.25, -0.2) is 0 Å². The molecule has 3 rings (SSSR count). The van der Waals surface area contributed by atoms with Crippen molar-refractivity contribution < 1.29 is 18.3 Å². The SMILES string of the molecule is CC(C)(O)CNc1nnc(-c2ccc(Cl)cc2C(F)(F)F)c2ccncc12. The molecule has 1 aromatic carbocycles. The molecule has 2 N–H and O–H groups in total. The number of anilines is 1. The highest BCUT2D eigenvalue weighted by Gasteiger charge is 2.35. The second kappa shape index (κ2) is 6.94. The fourth-order valence-corrected chi connectivity index (χ4v) is 2.76. The summed E-state index contributed by atoms with van der Waals surface area (Å²) in [5.41, 5.74) is -1.94. The van der Waals surface area contributed by atoms with Gasteiger partial charge in [-0.2, -0.15) is 13.2 Å². The van der Waals surface area contributed by atoms with E-state index in [0.29, 0.717) is 16.6 Å². The molecule has 0 amide bonds.